The summed E-state index contributed by atoms with van der Waals surface area (Å²) in [4.78, 5) is 10.9. The summed E-state index contributed by atoms with van der Waals surface area (Å²) in [6, 6.07) is 13.9. The number of carboxylic acids is 1. The van der Waals surface area contributed by atoms with Crippen molar-refractivity contribution in [3.63, 3.8) is 0 Å². The van der Waals surface area contributed by atoms with E-state index in [0.717, 1.165) is 16.3 Å². The molecule has 2 aromatic carbocycles. The second-order valence-electron chi connectivity index (χ2n) is 4.35. The van der Waals surface area contributed by atoms with Crippen molar-refractivity contribution in [1.82, 2.24) is 5.16 Å². The van der Waals surface area contributed by atoms with Crippen molar-refractivity contribution in [3.05, 3.63) is 53.8 Å². The Morgan fingerprint density at radius 3 is 2.58 bits per heavy atom. The van der Waals surface area contributed by atoms with Gasteiger partial charge in [-0.15, -0.1) is 0 Å². The summed E-state index contributed by atoms with van der Waals surface area (Å²) in [6.07, 6.45) is 0. The van der Waals surface area contributed by atoms with Crippen LogP contribution in [0.3, 0.4) is 0 Å². The molecule has 0 aliphatic carbocycles. The molecule has 3 rings (SSSR count). The summed E-state index contributed by atoms with van der Waals surface area (Å²) < 4.78 is 4.87. The lowest BCUT2D eigenvalue weighted by Crippen LogP contribution is -1.95. The van der Waals surface area contributed by atoms with Gasteiger partial charge in [-0.05, 0) is 23.8 Å². The monoisotopic (exact) mass is 253 g/mol. The Kier molecular flexibility index (Phi) is 2.56. The van der Waals surface area contributed by atoms with Gasteiger partial charge in [0.05, 0.1) is 0 Å². The van der Waals surface area contributed by atoms with Gasteiger partial charge in [0.2, 0.25) is 5.76 Å². The van der Waals surface area contributed by atoms with Gasteiger partial charge in [0.25, 0.3) is 0 Å². The van der Waals surface area contributed by atoms with Crippen LogP contribution in [0.15, 0.2) is 47.0 Å². The van der Waals surface area contributed by atoms with Gasteiger partial charge < -0.3 is 9.63 Å². The van der Waals surface area contributed by atoms with E-state index < -0.39 is 5.97 Å². The number of aromatic nitrogens is 1. The maximum atomic E-state index is 10.9. The molecule has 0 unspecified atom stereocenters. The van der Waals surface area contributed by atoms with Crippen LogP contribution in [0.4, 0.5) is 0 Å². The standard InChI is InChI=1S/C15H11NO3/c1-9-13(16-19-14(9)15(17)18)12-7-6-10-4-2-3-5-11(10)8-12/h2-8H,1H3,(H,17,18). The summed E-state index contributed by atoms with van der Waals surface area (Å²) in [5.74, 6) is -1.21. The zero-order valence-corrected chi connectivity index (χ0v) is 10.3. The Bertz CT molecular complexity index is 774. The van der Waals surface area contributed by atoms with Crippen molar-refractivity contribution in [2.45, 2.75) is 6.92 Å². The van der Waals surface area contributed by atoms with Gasteiger partial charge in [-0.2, -0.15) is 0 Å². The predicted molar refractivity (Wildman–Crippen MR) is 71.1 cm³/mol. The van der Waals surface area contributed by atoms with Crippen molar-refractivity contribution in [2.75, 3.05) is 0 Å². The Morgan fingerprint density at radius 2 is 1.89 bits per heavy atom. The van der Waals surface area contributed by atoms with Gasteiger partial charge in [0, 0.05) is 11.1 Å². The highest BCUT2D eigenvalue weighted by Gasteiger charge is 2.19. The van der Waals surface area contributed by atoms with Gasteiger partial charge in [-0.1, -0.05) is 41.6 Å². The van der Waals surface area contributed by atoms with Gasteiger partial charge in [-0.25, -0.2) is 4.79 Å². The zero-order chi connectivity index (χ0) is 13.4. The molecule has 4 nitrogen and oxygen atoms in total. The predicted octanol–water partition coefficient (Wildman–Crippen LogP) is 3.50. The fraction of sp³-hybridized carbons (Fsp3) is 0.0667. The van der Waals surface area contributed by atoms with Crippen molar-refractivity contribution >= 4 is 16.7 Å². The summed E-state index contributed by atoms with van der Waals surface area (Å²) >= 11 is 0. The molecule has 19 heavy (non-hydrogen) atoms. The van der Waals surface area contributed by atoms with E-state index in [9.17, 15) is 4.79 Å². The fourth-order valence-electron chi connectivity index (χ4n) is 2.14. The van der Waals surface area contributed by atoms with Crippen LogP contribution in [-0.2, 0) is 0 Å². The lowest BCUT2D eigenvalue weighted by atomic mass is 10.0. The van der Waals surface area contributed by atoms with Gasteiger partial charge in [0.15, 0.2) is 0 Å². The minimum absolute atomic E-state index is 0.108. The highest BCUT2D eigenvalue weighted by molar-refractivity contribution is 5.90. The van der Waals surface area contributed by atoms with Crippen molar-refractivity contribution in [1.29, 1.82) is 0 Å². The maximum Gasteiger partial charge on any atom is 0.375 e. The first kappa shape index (κ1) is 11.5. The van der Waals surface area contributed by atoms with Crippen LogP contribution in [-0.4, -0.2) is 16.2 Å². The van der Waals surface area contributed by atoms with Crippen LogP contribution < -0.4 is 0 Å². The largest absolute Gasteiger partial charge is 0.475 e. The van der Waals surface area contributed by atoms with Crippen molar-refractivity contribution in [3.8, 4) is 11.3 Å². The number of rotatable bonds is 2. The van der Waals surface area contributed by atoms with Gasteiger partial charge in [-0.3, -0.25) is 0 Å². The third-order valence-electron chi connectivity index (χ3n) is 3.14. The van der Waals surface area contributed by atoms with E-state index in [1.54, 1.807) is 6.92 Å². The first-order valence-electron chi connectivity index (χ1n) is 5.85. The third kappa shape index (κ3) is 1.87. The molecule has 0 saturated carbocycles. The van der Waals surface area contributed by atoms with Crippen molar-refractivity contribution < 1.29 is 14.4 Å². The molecular formula is C15H11NO3. The second kappa shape index (κ2) is 4.24. The van der Waals surface area contributed by atoms with E-state index in [1.165, 1.54) is 0 Å². The molecule has 0 saturated heterocycles. The van der Waals surface area contributed by atoms with E-state index >= 15 is 0 Å². The average molecular weight is 253 g/mol. The van der Waals surface area contributed by atoms with Crippen LogP contribution in [0.2, 0.25) is 0 Å². The molecule has 0 spiro atoms. The lowest BCUT2D eigenvalue weighted by molar-refractivity contribution is 0.0651. The second-order valence-corrected chi connectivity index (χ2v) is 4.35. The minimum atomic E-state index is -1.10. The number of fused-ring (bicyclic) bond motifs is 1. The molecule has 0 bridgehead atoms. The quantitative estimate of drug-likeness (QED) is 0.759. The highest BCUT2D eigenvalue weighted by Crippen LogP contribution is 2.27. The van der Waals surface area contributed by atoms with Crippen LogP contribution in [0.25, 0.3) is 22.0 Å². The summed E-state index contributed by atoms with van der Waals surface area (Å²) in [6.45, 7) is 1.70. The number of hydrogen-bond donors (Lipinski definition) is 1. The number of aromatic carboxylic acids is 1. The molecule has 0 aliphatic heterocycles. The van der Waals surface area contributed by atoms with Crippen LogP contribution in [0.1, 0.15) is 16.1 Å². The van der Waals surface area contributed by atoms with E-state index in [-0.39, 0.29) is 5.76 Å². The molecule has 1 N–H and O–H groups in total. The Labute approximate surface area is 109 Å². The first-order chi connectivity index (χ1) is 9.16. The normalized spacial score (nSPS) is 10.8. The molecule has 3 aromatic rings. The fourth-order valence-corrected chi connectivity index (χ4v) is 2.14. The summed E-state index contributed by atoms with van der Waals surface area (Å²) in [5.41, 5.74) is 1.97. The van der Waals surface area contributed by atoms with Gasteiger partial charge in [0.1, 0.15) is 5.69 Å². The smallest absolute Gasteiger partial charge is 0.375 e. The third-order valence-corrected chi connectivity index (χ3v) is 3.14. The lowest BCUT2D eigenvalue weighted by Gasteiger charge is -2.01. The van der Waals surface area contributed by atoms with E-state index in [1.807, 2.05) is 42.5 Å². The molecule has 1 aromatic heterocycles. The molecule has 0 aliphatic rings. The topological polar surface area (TPSA) is 63.3 Å². The molecule has 0 atom stereocenters. The van der Waals surface area contributed by atoms with E-state index in [2.05, 4.69) is 5.16 Å². The zero-order valence-electron chi connectivity index (χ0n) is 10.3. The van der Waals surface area contributed by atoms with Gasteiger partial charge >= 0.3 is 5.97 Å². The number of carboxylic acid groups (broad SMARTS) is 1. The molecule has 1 heterocycles. The number of nitrogens with zero attached hydrogens (tertiary/aromatic N) is 1. The Morgan fingerprint density at radius 1 is 1.16 bits per heavy atom. The van der Waals surface area contributed by atoms with Crippen molar-refractivity contribution in [2.24, 2.45) is 0 Å². The van der Waals surface area contributed by atoms with E-state index in [4.69, 9.17) is 9.63 Å². The average Bonchev–Trinajstić information content (AvgIpc) is 2.80. The molecule has 94 valence electrons. The molecule has 0 radical (unpaired) electrons. The van der Waals surface area contributed by atoms with E-state index in [0.29, 0.717) is 11.3 Å². The van der Waals surface area contributed by atoms with Crippen LogP contribution in [0.5, 0.6) is 0 Å². The molecule has 4 heteroatoms. The van der Waals surface area contributed by atoms with Crippen LogP contribution in [0, 0.1) is 6.92 Å². The number of carbonyl (C=O) groups is 1. The molecular weight excluding hydrogens is 242 g/mol. The first-order valence-corrected chi connectivity index (χ1v) is 5.85. The SMILES string of the molecule is Cc1c(-c2ccc3ccccc3c2)noc1C(=O)O. The molecule has 0 fully saturated rings. The Balaban J connectivity index is 2.16. The summed E-state index contributed by atoms with van der Waals surface area (Å²) in [5, 5.41) is 15.0. The van der Waals surface area contributed by atoms with Crippen LogP contribution >= 0.6 is 0 Å². The molecule has 0 amide bonds. The minimum Gasteiger partial charge on any atom is -0.475 e. The maximum absolute atomic E-state index is 10.9. The Hall–Kier alpha value is -2.62. The summed E-state index contributed by atoms with van der Waals surface area (Å²) in [7, 11) is 0. The number of benzene rings is 2. The number of hydrogen-bond acceptors (Lipinski definition) is 3. The highest BCUT2D eigenvalue weighted by atomic mass is 16.5.